The van der Waals surface area contributed by atoms with Gasteiger partial charge in [-0.2, -0.15) is 5.10 Å². The van der Waals surface area contributed by atoms with Gasteiger partial charge < -0.3 is 30.0 Å². The maximum Gasteiger partial charge on any atom is 0.338 e. The van der Waals surface area contributed by atoms with Crippen LogP contribution in [-0.4, -0.2) is 49.6 Å². The first-order valence-corrected chi connectivity index (χ1v) is 12.8. The maximum absolute atomic E-state index is 12.5. The van der Waals surface area contributed by atoms with Gasteiger partial charge in [0.1, 0.15) is 5.75 Å². The smallest absolute Gasteiger partial charge is 0.338 e. The third-order valence-electron chi connectivity index (χ3n) is 5.09. The summed E-state index contributed by atoms with van der Waals surface area (Å²) in [7, 11) is 1.43. The van der Waals surface area contributed by atoms with Crippen LogP contribution in [0.25, 0.3) is 0 Å². The molecule has 196 valence electrons. The molecule has 0 spiro atoms. The van der Waals surface area contributed by atoms with E-state index in [1.807, 2.05) is 22.6 Å². The first kappa shape index (κ1) is 28.2. The summed E-state index contributed by atoms with van der Waals surface area (Å²) in [4.78, 5) is 36.8. The van der Waals surface area contributed by atoms with Crippen molar-refractivity contribution in [3.63, 3.8) is 0 Å². The predicted molar refractivity (Wildman–Crippen MR) is 146 cm³/mol. The quantitative estimate of drug-likeness (QED) is 0.137. The lowest BCUT2D eigenvalue weighted by atomic mass is 9.95. The minimum atomic E-state index is -0.767. The van der Waals surface area contributed by atoms with E-state index in [2.05, 4.69) is 37.1 Å². The van der Waals surface area contributed by atoms with Gasteiger partial charge in [-0.25, -0.2) is 15.0 Å². The Kier molecular flexibility index (Phi) is 9.74. The summed E-state index contributed by atoms with van der Waals surface area (Å²) < 4.78 is 17.3. The summed E-state index contributed by atoms with van der Waals surface area (Å²) in [6.07, 6.45) is 1.43. The Morgan fingerprint density at radius 1 is 1.27 bits per heavy atom. The average Bonchev–Trinajstić information content (AvgIpc) is 2.85. The average molecular weight is 687 g/mol. The van der Waals surface area contributed by atoms with Crippen molar-refractivity contribution >= 4 is 62.6 Å². The molecule has 1 atom stereocenters. The number of carbonyl (C=O) groups excluding carboxylic acids is 3. The lowest BCUT2D eigenvalue weighted by Gasteiger charge is -2.28. The van der Waals surface area contributed by atoms with Crippen LogP contribution in [0.4, 0.5) is 4.79 Å². The molecular weight excluding hydrogens is 663 g/mol. The van der Waals surface area contributed by atoms with Crippen LogP contribution in [0.2, 0.25) is 0 Å². The highest BCUT2D eigenvalue weighted by Crippen LogP contribution is 2.34. The van der Waals surface area contributed by atoms with E-state index in [0.717, 1.165) is 0 Å². The van der Waals surface area contributed by atoms with E-state index >= 15 is 0 Å². The summed E-state index contributed by atoms with van der Waals surface area (Å²) in [5, 5.41) is 19.0. The van der Waals surface area contributed by atoms with Crippen LogP contribution in [-0.2, 0) is 14.3 Å². The third kappa shape index (κ3) is 7.13. The molecule has 0 saturated heterocycles. The van der Waals surface area contributed by atoms with Gasteiger partial charge in [-0.05, 0) is 87.8 Å². The fourth-order valence-corrected chi connectivity index (χ4v) is 4.92. The zero-order chi connectivity index (χ0) is 27.1. The number of esters is 1. The molecule has 37 heavy (non-hydrogen) atoms. The van der Waals surface area contributed by atoms with Crippen LogP contribution in [0.1, 0.15) is 31.0 Å². The fraction of sp³-hybridized carbons (Fsp3) is 0.250. The lowest BCUT2D eigenvalue weighted by Crippen LogP contribution is -2.45. The van der Waals surface area contributed by atoms with E-state index in [0.29, 0.717) is 30.6 Å². The molecule has 13 heteroatoms. The Hall–Kier alpha value is -3.33. The minimum absolute atomic E-state index is 0.126. The Morgan fingerprint density at radius 3 is 2.70 bits per heavy atom. The van der Waals surface area contributed by atoms with Crippen molar-refractivity contribution < 1.29 is 33.7 Å². The number of amides is 3. The zero-order valence-corrected chi connectivity index (χ0v) is 23.8. The Bertz CT molecular complexity index is 1260. The van der Waals surface area contributed by atoms with Gasteiger partial charge in [-0.3, -0.25) is 4.79 Å². The highest BCUT2D eigenvalue weighted by molar-refractivity contribution is 14.1. The monoisotopic (exact) mass is 686 g/mol. The number of nitrogens with one attached hydrogen (secondary N) is 3. The molecule has 2 aromatic rings. The van der Waals surface area contributed by atoms with Crippen molar-refractivity contribution in [1.82, 2.24) is 16.1 Å². The van der Waals surface area contributed by atoms with Gasteiger partial charge in [0, 0.05) is 5.70 Å². The second-order valence-corrected chi connectivity index (χ2v) is 9.63. The maximum atomic E-state index is 12.5. The molecule has 1 heterocycles. The molecule has 3 amide bonds. The van der Waals surface area contributed by atoms with Crippen LogP contribution in [0, 0.1) is 3.57 Å². The van der Waals surface area contributed by atoms with E-state index in [4.69, 9.17) is 14.2 Å². The van der Waals surface area contributed by atoms with Crippen molar-refractivity contribution in [2.45, 2.75) is 19.9 Å². The summed E-state index contributed by atoms with van der Waals surface area (Å²) in [6.45, 7) is 3.15. The molecule has 0 aliphatic carbocycles. The van der Waals surface area contributed by atoms with Crippen LogP contribution < -0.4 is 25.5 Å². The van der Waals surface area contributed by atoms with E-state index in [1.165, 1.54) is 13.3 Å². The second kappa shape index (κ2) is 12.8. The van der Waals surface area contributed by atoms with Crippen LogP contribution in [0.3, 0.4) is 0 Å². The van der Waals surface area contributed by atoms with Gasteiger partial charge in [0.05, 0.1) is 39.6 Å². The van der Waals surface area contributed by atoms with Crippen molar-refractivity contribution in [3.05, 3.63) is 60.8 Å². The molecule has 0 fully saturated rings. The van der Waals surface area contributed by atoms with Crippen molar-refractivity contribution in [3.8, 4) is 17.2 Å². The highest BCUT2D eigenvalue weighted by Gasteiger charge is 2.32. The van der Waals surface area contributed by atoms with Crippen molar-refractivity contribution in [1.29, 1.82) is 0 Å². The van der Waals surface area contributed by atoms with E-state index in [1.54, 1.807) is 44.2 Å². The number of ether oxygens (including phenoxy) is 3. The number of methoxy groups -OCH3 is 1. The summed E-state index contributed by atoms with van der Waals surface area (Å²) >= 11 is 5.23. The third-order valence-corrected chi connectivity index (χ3v) is 6.51. The standard InChI is InChI=1S/C24H24BrIN4O7/c1-4-36-23(33)20-12(2)28-24(34)29-21(20)14-5-6-17(18(9-14)35-3)37-11-19(31)30-27-10-13-7-15(25)22(32)16(26)8-13/h5-10,21,32H,4,11H2,1-3H3,(H,30,31)(H2,28,29,34)/b27-10-/t21-/m1/s1. The van der Waals surface area contributed by atoms with Crippen molar-refractivity contribution in [2.24, 2.45) is 5.10 Å². The van der Waals surface area contributed by atoms with Gasteiger partial charge in [0.2, 0.25) is 0 Å². The molecular formula is C24H24BrIN4O7. The molecule has 0 bridgehead atoms. The number of carbonyl (C=O) groups is 3. The molecule has 1 aliphatic rings. The minimum Gasteiger partial charge on any atom is -0.506 e. The normalized spacial score (nSPS) is 15.2. The number of halogens is 2. The van der Waals surface area contributed by atoms with Gasteiger partial charge >= 0.3 is 12.0 Å². The van der Waals surface area contributed by atoms with Crippen molar-refractivity contribution in [2.75, 3.05) is 20.3 Å². The first-order chi connectivity index (χ1) is 17.6. The molecule has 0 unspecified atom stereocenters. The Balaban J connectivity index is 1.69. The number of rotatable bonds is 9. The van der Waals surface area contributed by atoms with Crippen LogP contribution in [0.5, 0.6) is 17.2 Å². The predicted octanol–water partition coefficient (Wildman–Crippen LogP) is 3.49. The van der Waals surface area contributed by atoms with Crippen LogP contribution in [0.15, 0.2) is 51.2 Å². The number of hydrogen-bond acceptors (Lipinski definition) is 8. The highest BCUT2D eigenvalue weighted by atomic mass is 127. The molecule has 3 rings (SSSR count). The largest absolute Gasteiger partial charge is 0.506 e. The lowest BCUT2D eigenvalue weighted by molar-refractivity contribution is -0.139. The number of urea groups is 1. The summed E-state index contributed by atoms with van der Waals surface area (Å²) in [5.74, 6) is -0.361. The van der Waals surface area contributed by atoms with Gasteiger partial charge in [0.25, 0.3) is 5.91 Å². The number of hydrogen-bond donors (Lipinski definition) is 4. The van der Waals surface area contributed by atoms with E-state index in [-0.39, 0.29) is 30.3 Å². The number of nitrogens with zero attached hydrogens (tertiary/aromatic N) is 1. The van der Waals surface area contributed by atoms with E-state index in [9.17, 15) is 19.5 Å². The first-order valence-electron chi connectivity index (χ1n) is 10.9. The zero-order valence-electron chi connectivity index (χ0n) is 20.1. The molecule has 0 aromatic heterocycles. The van der Waals surface area contributed by atoms with Gasteiger partial charge in [0.15, 0.2) is 18.1 Å². The van der Waals surface area contributed by atoms with Gasteiger partial charge in [-0.1, -0.05) is 6.07 Å². The Labute approximate surface area is 234 Å². The molecule has 0 saturated carbocycles. The number of aromatic hydroxyl groups is 1. The summed E-state index contributed by atoms with van der Waals surface area (Å²) in [5.41, 5.74) is 4.25. The molecule has 0 radical (unpaired) electrons. The molecule has 1 aliphatic heterocycles. The fourth-order valence-electron chi connectivity index (χ4n) is 3.42. The van der Waals surface area contributed by atoms with E-state index < -0.39 is 23.9 Å². The summed E-state index contributed by atoms with van der Waals surface area (Å²) in [6, 6.07) is 6.98. The SMILES string of the molecule is CCOC(=O)C1=C(C)NC(=O)N[C@@H]1c1ccc(OCC(=O)N/N=C\c2cc(Br)c(O)c(I)c2)c(OC)c1. The number of benzene rings is 2. The topological polar surface area (TPSA) is 148 Å². The molecule has 2 aromatic carbocycles. The Morgan fingerprint density at radius 2 is 2.03 bits per heavy atom. The van der Waals surface area contributed by atoms with Gasteiger partial charge in [-0.15, -0.1) is 0 Å². The van der Waals surface area contributed by atoms with Crippen LogP contribution >= 0.6 is 38.5 Å². The number of allylic oxidation sites excluding steroid dienone is 1. The number of phenolic OH excluding ortho intramolecular Hbond substituents is 1. The number of phenols is 1. The second-order valence-electron chi connectivity index (χ2n) is 7.62. The number of hydrazone groups is 1. The molecule has 11 nitrogen and oxygen atoms in total. The molecule has 4 N–H and O–H groups in total.